The molecule has 0 heterocycles. The first-order valence-electron chi connectivity index (χ1n) is 6.49. The molecule has 0 aromatic heterocycles. The van der Waals surface area contributed by atoms with Crippen LogP contribution >= 0.6 is 11.6 Å². The molecule has 0 spiro atoms. The molecule has 1 aromatic carbocycles. The Balaban J connectivity index is 2.21. The summed E-state index contributed by atoms with van der Waals surface area (Å²) in [6, 6.07) is 8.10. The Labute approximate surface area is 114 Å². The van der Waals surface area contributed by atoms with Crippen molar-refractivity contribution in [2.75, 3.05) is 5.32 Å². The minimum Gasteiger partial charge on any atom is -0.381 e. The number of nitriles is 1. The summed E-state index contributed by atoms with van der Waals surface area (Å²) in [5.74, 6) is 0. The van der Waals surface area contributed by atoms with Gasteiger partial charge in [-0.25, -0.2) is 0 Å². The number of anilines is 1. The fourth-order valence-corrected chi connectivity index (χ4v) is 2.86. The number of nitrogens with one attached hydrogen (secondary N) is 1. The Morgan fingerprint density at radius 1 is 1.39 bits per heavy atom. The van der Waals surface area contributed by atoms with E-state index in [1.54, 1.807) is 6.07 Å². The van der Waals surface area contributed by atoms with Crippen LogP contribution in [0.2, 0.25) is 5.02 Å². The molecule has 0 bridgehead atoms. The van der Waals surface area contributed by atoms with Crippen molar-refractivity contribution >= 4 is 17.3 Å². The van der Waals surface area contributed by atoms with Gasteiger partial charge in [0.1, 0.15) is 6.07 Å². The minimum atomic E-state index is 0.282. The molecular weight excluding hydrogens is 244 g/mol. The normalized spacial score (nSPS) is 22.2. The summed E-state index contributed by atoms with van der Waals surface area (Å²) in [6.45, 7) is 4.59. The Bertz CT molecular complexity index is 474. The molecule has 1 N–H and O–H groups in total. The molecule has 1 saturated carbocycles. The van der Waals surface area contributed by atoms with Crippen LogP contribution in [0, 0.1) is 16.7 Å². The quantitative estimate of drug-likeness (QED) is 0.846. The number of benzene rings is 1. The van der Waals surface area contributed by atoms with Crippen LogP contribution in [-0.2, 0) is 0 Å². The maximum atomic E-state index is 9.15. The van der Waals surface area contributed by atoms with E-state index in [-0.39, 0.29) is 5.41 Å². The maximum absolute atomic E-state index is 9.15. The van der Waals surface area contributed by atoms with Crippen molar-refractivity contribution < 1.29 is 0 Å². The number of rotatable bonds is 2. The van der Waals surface area contributed by atoms with Gasteiger partial charge in [0.15, 0.2) is 0 Å². The fourth-order valence-electron chi connectivity index (χ4n) is 2.68. The van der Waals surface area contributed by atoms with Gasteiger partial charge in [0.25, 0.3) is 0 Å². The van der Waals surface area contributed by atoms with Crippen LogP contribution in [0.25, 0.3) is 0 Å². The zero-order chi connectivity index (χ0) is 13.2. The van der Waals surface area contributed by atoms with Gasteiger partial charge in [0.05, 0.1) is 11.3 Å². The topological polar surface area (TPSA) is 35.8 Å². The number of halogens is 1. The van der Waals surface area contributed by atoms with Gasteiger partial charge in [0.2, 0.25) is 0 Å². The Morgan fingerprint density at radius 3 is 2.83 bits per heavy atom. The standard InChI is InChI=1S/C15H19ClN2/c1-15(2)8-4-3-5-14(15)18-13-7-6-12(16)9-11(13)10-17/h6-7,9,14,18H,3-5,8H2,1-2H3. The molecule has 0 saturated heterocycles. The highest BCUT2D eigenvalue weighted by molar-refractivity contribution is 6.30. The molecule has 1 unspecified atom stereocenters. The highest BCUT2D eigenvalue weighted by Gasteiger charge is 2.32. The van der Waals surface area contributed by atoms with Crippen LogP contribution in [-0.4, -0.2) is 6.04 Å². The Kier molecular flexibility index (Phi) is 3.82. The number of hydrogen-bond acceptors (Lipinski definition) is 2. The summed E-state index contributed by atoms with van der Waals surface area (Å²) in [6.07, 6.45) is 4.97. The summed E-state index contributed by atoms with van der Waals surface area (Å²) >= 11 is 5.92. The third-order valence-corrected chi connectivity index (χ3v) is 4.17. The van der Waals surface area contributed by atoms with E-state index in [4.69, 9.17) is 16.9 Å². The van der Waals surface area contributed by atoms with Crippen molar-refractivity contribution in [2.24, 2.45) is 5.41 Å². The lowest BCUT2D eigenvalue weighted by atomic mass is 9.73. The first kappa shape index (κ1) is 13.2. The average molecular weight is 263 g/mol. The van der Waals surface area contributed by atoms with Gasteiger partial charge in [-0.2, -0.15) is 5.26 Å². The third-order valence-electron chi connectivity index (χ3n) is 3.94. The molecule has 1 aliphatic rings. The summed E-state index contributed by atoms with van der Waals surface area (Å²) in [5.41, 5.74) is 1.82. The smallest absolute Gasteiger partial charge is 0.101 e. The largest absolute Gasteiger partial charge is 0.381 e. The molecule has 3 heteroatoms. The molecule has 1 aromatic rings. The highest BCUT2D eigenvalue weighted by Crippen LogP contribution is 2.37. The van der Waals surface area contributed by atoms with E-state index in [2.05, 4.69) is 25.2 Å². The molecule has 96 valence electrons. The molecule has 0 amide bonds. The van der Waals surface area contributed by atoms with Crippen molar-refractivity contribution in [3.8, 4) is 6.07 Å². The molecule has 2 rings (SSSR count). The van der Waals surface area contributed by atoms with E-state index in [0.29, 0.717) is 16.6 Å². The van der Waals surface area contributed by atoms with Crippen LogP contribution in [0.3, 0.4) is 0 Å². The molecular formula is C15H19ClN2. The fraction of sp³-hybridized carbons (Fsp3) is 0.533. The zero-order valence-corrected chi connectivity index (χ0v) is 11.7. The maximum Gasteiger partial charge on any atom is 0.101 e. The van der Waals surface area contributed by atoms with E-state index < -0.39 is 0 Å². The molecule has 0 aliphatic heterocycles. The van der Waals surface area contributed by atoms with Crippen LogP contribution in [0.4, 0.5) is 5.69 Å². The number of hydrogen-bond donors (Lipinski definition) is 1. The van der Waals surface area contributed by atoms with Gasteiger partial charge in [0, 0.05) is 11.1 Å². The summed E-state index contributed by atoms with van der Waals surface area (Å²) < 4.78 is 0. The Hall–Kier alpha value is -1.20. The summed E-state index contributed by atoms with van der Waals surface area (Å²) in [5, 5.41) is 13.3. The third kappa shape index (κ3) is 2.79. The average Bonchev–Trinajstić information content (AvgIpc) is 2.33. The van der Waals surface area contributed by atoms with Crippen LogP contribution < -0.4 is 5.32 Å². The lowest BCUT2D eigenvalue weighted by Gasteiger charge is -2.39. The first-order valence-corrected chi connectivity index (χ1v) is 6.87. The summed E-state index contributed by atoms with van der Waals surface area (Å²) in [4.78, 5) is 0. The second kappa shape index (κ2) is 5.20. The van der Waals surface area contributed by atoms with Crippen molar-refractivity contribution in [2.45, 2.75) is 45.6 Å². The minimum absolute atomic E-state index is 0.282. The van der Waals surface area contributed by atoms with Crippen LogP contribution in [0.5, 0.6) is 0 Å². The van der Waals surface area contributed by atoms with Crippen molar-refractivity contribution in [1.29, 1.82) is 5.26 Å². The van der Waals surface area contributed by atoms with E-state index in [1.165, 1.54) is 25.7 Å². The van der Waals surface area contributed by atoms with Gasteiger partial charge in [-0.05, 0) is 36.5 Å². The lowest BCUT2D eigenvalue weighted by molar-refractivity contribution is 0.217. The molecule has 18 heavy (non-hydrogen) atoms. The van der Waals surface area contributed by atoms with Gasteiger partial charge in [-0.3, -0.25) is 0 Å². The van der Waals surface area contributed by atoms with Gasteiger partial charge < -0.3 is 5.32 Å². The van der Waals surface area contributed by atoms with E-state index in [9.17, 15) is 0 Å². The number of nitrogens with zero attached hydrogens (tertiary/aromatic N) is 1. The first-order chi connectivity index (χ1) is 8.53. The SMILES string of the molecule is CC1(C)CCCCC1Nc1ccc(Cl)cc1C#N. The van der Waals surface area contributed by atoms with Gasteiger partial charge in [-0.15, -0.1) is 0 Å². The van der Waals surface area contributed by atoms with Crippen molar-refractivity contribution in [3.63, 3.8) is 0 Å². The second-order valence-corrected chi connectivity index (χ2v) is 6.17. The van der Waals surface area contributed by atoms with E-state index in [0.717, 1.165) is 5.69 Å². The van der Waals surface area contributed by atoms with Gasteiger partial charge in [-0.1, -0.05) is 38.3 Å². The predicted octanol–water partition coefficient (Wildman–Crippen LogP) is 4.59. The molecule has 1 atom stereocenters. The van der Waals surface area contributed by atoms with E-state index in [1.807, 2.05) is 12.1 Å². The zero-order valence-electron chi connectivity index (χ0n) is 11.0. The van der Waals surface area contributed by atoms with Crippen LogP contribution in [0.1, 0.15) is 45.1 Å². The predicted molar refractivity (Wildman–Crippen MR) is 75.8 cm³/mol. The molecule has 2 nitrogen and oxygen atoms in total. The van der Waals surface area contributed by atoms with E-state index >= 15 is 0 Å². The monoisotopic (exact) mass is 262 g/mol. The van der Waals surface area contributed by atoms with Crippen LogP contribution in [0.15, 0.2) is 18.2 Å². The highest BCUT2D eigenvalue weighted by atomic mass is 35.5. The van der Waals surface area contributed by atoms with Crippen molar-refractivity contribution in [1.82, 2.24) is 0 Å². The molecule has 1 aliphatic carbocycles. The lowest BCUT2D eigenvalue weighted by Crippen LogP contribution is -2.39. The van der Waals surface area contributed by atoms with Gasteiger partial charge >= 0.3 is 0 Å². The second-order valence-electron chi connectivity index (χ2n) is 5.73. The molecule has 1 fully saturated rings. The summed E-state index contributed by atoms with van der Waals surface area (Å²) in [7, 11) is 0. The molecule has 0 radical (unpaired) electrons. The van der Waals surface area contributed by atoms with Crippen molar-refractivity contribution in [3.05, 3.63) is 28.8 Å². The Morgan fingerprint density at radius 2 is 2.17 bits per heavy atom.